The van der Waals surface area contributed by atoms with E-state index in [1.54, 1.807) is 6.07 Å². The Morgan fingerprint density at radius 3 is 3.00 bits per heavy atom. The molecule has 4 nitrogen and oxygen atoms in total. The van der Waals surface area contributed by atoms with E-state index in [4.69, 9.17) is 15.9 Å². The molecule has 4 N–H and O–H groups in total. The van der Waals surface area contributed by atoms with Crippen LogP contribution in [0.1, 0.15) is 0 Å². The molecule has 0 atom stereocenters. The molecule has 2 aromatic rings. The number of rotatable bonds is 0. The van der Waals surface area contributed by atoms with Crippen molar-refractivity contribution in [1.29, 1.82) is 0 Å². The van der Waals surface area contributed by atoms with Crippen LogP contribution in [0.4, 0.5) is 11.4 Å². The fourth-order valence-corrected chi connectivity index (χ4v) is 0.945. The minimum atomic E-state index is 0.451. The highest BCUT2D eigenvalue weighted by Crippen LogP contribution is 2.24. The fourth-order valence-electron chi connectivity index (χ4n) is 0.945. The maximum atomic E-state index is 5.60. The van der Waals surface area contributed by atoms with Crippen molar-refractivity contribution >= 4 is 22.5 Å². The molecule has 2 aromatic heterocycles. The Balaban J connectivity index is 2.93. The van der Waals surface area contributed by atoms with Gasteiger partial charge in [0.1, 0.15) is 11.2 Å². The molecular weight excluding hydrogens is 142 g/mol. The lowest BCUT2D eigenvalue weighted by molar-refractivity contribution is 0.617. The summed E-state index contributed by atoms with van der Waals surface area (Å²) >= 11 is 0. The molecule has 56 valence electrons. The molecule has 2 rings (SSSR count). The van der Waals surface area contributed by atoms with E-state index >= 15 is 0 Å². The van der Waals surface area contributed by atoms with E-state index in [1.807, 2.05) is 0 Å². The molecule has 2 heterocycles. The number of aromatic nitrogens is 1. The molecule has 0 amide bonds. The van der Waals surface area contributed by atoms with Gasteiger partial charge in [0.15, 0.2) is 5.58 Å². The molecule has 11 heavy (non-hydrogen) atoms. The zero-order valence-corrected chi connectivity index (χ0v) is 5.74. The van der Waals surface area contributed by atoms with Crippen molar-refractivity contribution in [3.05, 3.63) is 18.5 Å². The van der Waals surface area contributed by atoms with Crippen LogP contribution in [0.25, 0.3) is 11.1 Å². The van der Waals surface area contributed by atoms with Gasteiger partial charge in [-0.1, -0.05) is 0 Å². The molecule has 0 bridgehead atoms. The summed E-state index contributed by atoms with van der Waals surface area (Å²) in [5.41, 5.74) is 13.3. The topological polar surface area (TPSA) is 78.1 Å². The van der Waals surface area contributed by atoms with Gasteiger partial charge in [-0.05, 0) is 0 Å². The molecule has 0 spiro atoms. The molecule has 0 aliphatic carbocycles. The highest BCUT2D eigenvalue weighted by atomic mass is 16.3. The van der Waals surface area contributed by atoms with E-state index in [-0.39, 0.29) is 0 Å². The number of anilines is 2. The molecule has 0 radical (unpaired) electrons. The van der Waals surface area contributed by atoms with Crippen LogP contribution in [0.5, 0.6) is 0 Å². The van der Waals surface area contributed by atoms with Crippen LogP contribution in [0.15, 0.2) is 22.9 Å². The molecule has 0 aromatic carbocycles. The minimum absolute atomic E-state index is 0.451. The Hall–Kier alpha value is -1.71. The predicted octanol–water partition coefficient (Wildman–Crippen LogP) is 0.992. The second kappa shape index (κ2) is 1.88. The molecule has 0 saturated carbocycles. The number of hydrogen-bond donors (Lipinski definition) is 2. The number of nitrogen functional groups attached to an aromatic ring is 2. The van der Waals surface area contributed by atoms with Crippen molar-refractivity contribution < 1.29 is 4.42 Å². The van der Waals surface area contributed by atoms with Gasteiger partial charge in [-0.2, -0.15) is 0 Å². The molecule has 0 aliphatic rings. The summed E-state index contributed by atoms with van der Waals surface area (Å²) in [5, 5.41) is 0. The highest BCUT2D eigenvalue weighted by molar-refractivity contribution is 5.90. The number of nitrogens with two attached hydrogens (primary N) is 2. The lowest BCUT2D eigenvalue weighted by atomic mass is 10.3. The van der Waals surface area contributed by atoms with Gasteiger partial charge < -0.3 is 15.9 Å². The van der Waals surface area contributed by atoms with Gasteiger partial charge in [0.05, 0.1) is 18.1 Å². The summed E-state index contributed by atoms with van der Waals surface area (Å²) in [7, 11) is 0. The first kappa shape index (κ1) is 6.03. The van der Waals surface area contributed by atoms with E-state index in [0.29, 0.717) is 17.0 Å². The SMILES string of the molecule is Nc1cnc2ccoc2c1N. The average molecular weight is 149 g/mol. The van der Waals surface area contributed by atoms with Crippen molar-refractivity contribution in [1.82, 2.24) is 4.98 Å². The summed E-state index contributed by atoms with van der Waals surface area (Å²) in [6, 6.07) is 1.74. The summed E-state index contributed by atoms with van der Waals surface area (Å²) in [5.74, 6) is 0. The van der Waals surface area contributed by atoms with Gasteiger partial charge in [0, 0.05) is 6.07 Å². The zero-order valence-electron chi connectivity index (χ0n) is 5.74. The van der Waals surface area contributed by atoms with Crippen LogP contribution in [-0.4, -0.2) is 4.98 Å². The number of furan rings is 1. The Bertz CT molecular complexity index is 393. The van der Waals surface area contributed by atoms with E-state index < -0.39 is 0 Å². The van der Waals surface area contributed by atoms with Crippen molar-refractivity contribution in [2.24, 2.45) is 0 Å². The van der Waals surface area contributed by atoms with Crippen molar-refractivity contribution in [2.75, 3.05) is 11.5 Å². The standard InChI is InChI=1S/C7H7N3O/c8-4-3-10-5-1-2-11-7(5)6(4)9/h1-3H,8H2,(H2,9,10). The highest BCUT2D eigenvalue weighted by Gasteiger charge is 2.04. The molecule has 4 heteroatoms. The Morgan fingerprint density at radius 1 is 1.36 bits per heavy atom. The van der Waals surface area contributed by atoms with Crippen LogP contribution in [0.2, 0.25) is 0 Å². The molecule has 0 saturated heterocycles. The summed E-state index contributed by atoms with van der Waals surface area (Å²) in [6.45, 7) is 0. The van der Waals surface area contributed by atoms with E-state index in [0.717, 1.165) is 5.52 Å². The number of fused-ring (bicyclic) bond motifs is 1. The molecule has 0 unspecified atom stereocenters. The first-order valence-electron chi connectivity index (χ1n) is 3.16. The zero-order chi connectivity index (χ0) is 7.84. The van der Waals surface area contributed by atoms with Crippen molar-refractivity contribution in [3.8, 4) is 0 Å². The smallest absolute Gasteiger partial charge is 0.177 e. The quantitative estimate of drug-likeness (QED) is 0.585. The maximum Gasteiger partial charge on any atom is 0.177 e. The van der Waals surface area contributed by atoms with Crippen LogP contribution in [0.3, 0.4) is 0 Å². The second-order valence-electron chi connectivity index (χ2n) is 2.26. The molecule has 0 fully saturated rings. The number of hydrogen-bond acceptors (Lipinski definition) is 4. The Labute approximate surface area is 62.8 Å². The first-order chi connectivity index (χ1) is 5.29. The van der Waals surface area contributed by atoms with Gasteiger partial charge in [-0.25, -0.2) is 0 Å². The third-order valence-corrected chi connectivity index (χ3v) is 1.54. The number of nitrogens with zero attached hydrogens (tertiary/aromatic N) is 1. The van der Waals surface area contributed by atoms with Crippen LogP contribution in [0, 0.1) is 0 Å². The predicted molar refractivity (Wildman–Crippen MR) is 42.8 cm³/mol. The van der Waals surface area contributed by atoms with E-state index in [1.165, 1.54) is 12.5 Å². The maximum absolute atomic E-state index is 5.60. The summed E-state index contributed by atoms with van der Waals surface area (Å²) in [6.07, 6.45) is 3.06. The van der Waals surface area contributed by atoms with Gasteiger partial charge in [-0.15, -0.1) is 0 Å². The normalized spacial score (nSPS) is 10.5. The summed E-state index contributed by atoms with van der Waals surface area (Å²) < 4.78 is 5.06. The van der Waals surface area contributed by atoms with Crippen molar-refractivity contribution in [2.45, 2.75) is 0 Å². The van der Waals surface area contributed by atoms with Gasteiger partial charge >= 0.3 is 0 Å². The monoisotopic (exact) mass is 149 g/mol. The van der Waals surface area contributed by atoms with Crippen molar-refractivity contribution in [3.63, 3.8) is 0 Å². The third-order valence-electron chi connectivity index (χ3n) is 1.54. The van der Waals surface area contributed by atoms with Gasteiger partial charge in [0.2, 0.25) is 0 Å². The fraction of sp³-hybridized carbons (Fsp3) is 0. The Kier molecular flexibility index (Phi) is 1.03. The van der Waals surface area contributed by atoms with Gasteiger partial charge in [0.25, 0.3) is 0 Å². The van der Waals surface area contributed by atoms with Crippen LogP contribution >= 0.6 is 0 Å². The molecule has 0 aliphatic heterocycles. The first-order valence-corrected chi connectivity index (χ1v) is 3.16. The third kappa shape index (κ3) is 0.724. The molecular formula is C7H7N3O. The second-order valence-corrected chi connectivity index (χ2v) is 2.26. The van der Waals surface area contributed by atoms with Crippen LogP contribution < -0.4 is 11.5 Å². The lowest BCUT2D eigenvalue weighted by Gasteiger charge is -1.97. The minimum Gasteiger partial charge on any atom is -0.460 e. The number of pyridine rings is 1. The average Bonchev–Trinajstić information content (AvgIpc) is 2.45. The largest absolute Gasteiger partial charge is 0.460 e. The van der Waals surface area contributed by atoms with Crippen LogP contribution in [-0.2, 0) is 0 Å². The lowest BCUT2D eigenvalue weighted by Crippen LogP contribution is -1.95. The van der Waals surface area contributed by atoms with E-state index in [2.05, 4.69) is 4.98 Å². The Morgan fingerprint density at radius 2 is 2.18 bits per heavy atom. The van der Waals surface area contributed by atoms with Gasteiger partial charge in [-0.3, -0.25) is 4.98 Å². The van der Waals surface area contributed by atoms with E-state index in [9.17, 15) is 0 Å². The summed E-state index contributed by atoms with van der Waals surface area (Å²) in [4.78, 5) is 4.00.